The molecule has 0 aromatic carbocycles. The second-order valence-corrected chi connectivity index (χ2v) is 10.7. The minimum absolute atomic E-state index is 0.271. The molecule has 12 nitrogen and oxygen atoms in total. The highest BCUT2D eigenvalue weighted by Crippen LogP contribution is 2.26. The molecule has 0 aromatic rings. The van der Waals surface area contributed by atoms with E-state index in [1.54, 1.807) is 6.08 Å². The molecule has 0 bridgehead atoms. The maximum absolute atomic E-state index is 11.5. The van der Waals surface area contributed by atoms with Crippen LogP contribution in [-0.4, -0.2) is 84.9 Å². The van der Waals surface area contributed by atoms with Gasteiger partial charge in [-0.1, -0.05) is 83.3 Å². The van der Waals surface area contributed by atoms with Crippen LogP contribution < -0.4 is 11.6 Å². The summed E-state index contributed by atoms with van der Waals surface area (Å²) in [5, 5.41) is 40.1. The molecule has 1 fully saturated rings. The predicted octanol–water partition coefficient (Wildman–Crippen LogP) is 0.908. The summed E-state index contributed by atoms with van der Waals surface area (Å²) in [6, 6.07) is -0.876. The van der Waals surface area contributed by atoms with Gasteiger partial charge in [-0.2, -0.15) is 18.6 Å². The summed E-state index contributed by atoms with van der Waals surface area (Å²) in [6.07, 6.45) is 8.99. The van der Waals surface area contributed by atoms with E-state index < -0.39 is 59.9 Å². The van der Waals surface area contributed by atoms with Crippen molar-refractivity contribution in [2.75, 3.05) is 13.2 Å². The third-order valence-electron chi connectivity index (χ3n) is 6.37. The van der Waals surface area contributed by atoms with Gasteiger partial charge < -0.3 is 35.6 Å². The van der Waals surface area contributed by atoms with Crippen LogP contribution in [0.5, 0.6) is 0 Å². The van der Waals surface area contributed by atoms with E-state index in [9.17, 15) is 28.8 Å². The standard InChI is InChI=1S/C24H48N2O10S/c1-2-3-4-5-6-7-8-9-10-11-12-13-14-15-19(28)18(25)17-33-24-22(30)23(35-37(31,32)36-26)21(29)20(16-27)34-24/h14-15,18-24,27-30H,2-13,16-17,25-26H2,1H3/b15-14+/t18-,19+,20?,21-,22?,23+,24+/m0/s1. The number of rotatable bonds is 21. The lowest BCUT2D eigenvalue weighted by molar-refractivity contribution is -0.298. The molecule has 1 heterocycles. The lowest BCUT2D eigenvalue weighted by Crippen LogP contribution is -2.61. The van der Waals surface area contributed by atoms with Crippen LogP contribution in [0.3, 0.4) is 0 Å². The van der Waals surface area contributed by atoms with Gasteiger partial charge in [-0.05, 0) is 12.8 Å². The highest BCUT2D eigenvalue weighted by Gasteiger charge is 2.48. The fourth-order valence-corrected chi connectivity index (χ4v) is 4.62. The Labute approximate surface area is 221 Å². The number of ether oxygens (including phenoxy) is 2. The van der Waals surface area contributed by atoms with E-state index in [0.29, 0.717) is 0 Å². The Kier molecular flexibility index (Phi) is 18.0. The maximum atomic E-state index is 11.5. The molecule has 37 heavy (non-hydrogen) atoms. The molecule has 220 valence electrons. The number of aliphatic hydroxyl groups excluding tert-OH is 4. The molecular formula is C24H48N2O10S. The molecule has 8 N–H and O–H groups in total. The first-order chi connectivity index (χ1) is 17.7. The summed E-state index contributed by atoms with van der Waals surface area (Å²) in [4.78, 5) is 0. The van der Waals surface area contributed by atoms with Crippen molar-refractivity contribution in [2.24, 2.45) is 11.6 Å². The minimum atomic E-state index is -4.72. The van der Waals surface area contributed by atoms with Crippen molar-refractivity contribution in [3.05, 3.63) is 12.2 Å². The Morgan fingerprint density at radius 1 is 0.973 bits per heavy atom. The van der Waals surface area contributed by atoms with Crippen molar-refractivity contribution in [3.63, 3.8) is 0 Å². The van der Waals surface area contributed by atoms with Gasteiger partial charge in [0.25, 0.3) is 0 Å². The average Bonchev–Trinajstić information content (AvgIpc) is 2.88. The van der Waals surface area contributed by atoms with E-state index in [2.05, 4.69) is 21.3 Å². The van der Waals surface area contributed by atoms with Crippen LogP contribution in [0, 0.1) is 0 Å². The Morgan fingerprint density at radius 3 is 2.08 bits per heavy atom. The lowest BCUT2D eigenvalue weighted by atomic mass is 9.99. The SMILES string of the molecule is CCCCCCCCCCCCC/C=C/[C@@H](O)[C@@H](N)CO[C@@H]1OC(CO)[C@H](O)[C@@H](OS(=O)(=O)ON)C1O. The van der Waals surface area contributed by atoms with Crippen molar-refractivity contribution in [2.45, 2.75) is 127 Å². The zero-order chi connectivity index (χ0) is 27.7. The molecule has 1 saturated heterocycles. The van der Waals surface area contributed by atoms with E-state index in [0.717, 1.165) is 19.3 Å². The Balaban J connectivity index is 2.31. The Hall–Kier alpha value is -0.710. The summed E-state index contributed by atoms with van der Waals surface area (Å²) in [6.45, 7) is 1.24. The van der Waals surface area contributed by atoms with Gasteiger partial charge in [-0.3, -0.25) is 0 Å². The molecule has 0 radical (unpaired) electrons. The number of allylic oxidation sites excluding steroid dienone is 1. The second-order valence-electron chi connectivity index (χ2n) is 9.51. The maximum Gasteiger partial charge on any atom is 0.416 e. The summed E-state index contributed by atoms with van der Waals surface area (Å²) < 4.78 is 41.9. The van der Waals surface area contributed by atoms with E-state index in [4.69, 9.17) is 15.2 Å². The van der Waals surface area contributed by atoms with Crippen LogP contribution in [0.15, 0.2) is 12.2 Å². The van der Waals surface area contributed by atoms with Gasteiger partial charge in [0.2, 0.25) is 0 Å². The van der Waals surface area contributed by atoms with Crippen molar-refractivity contribution >= 4 is 10.4 Å². The summed E-state index contributed by atoms with van der Waals surface area (Å²) >= 11 is 0. The summed E-state index contributed by atoms with van der Waals surface area (Å²) in [5.41, 5.74) is 5.95. The van der Waals surface area contributed by atoms with Crippen LogP contribution in [0.25, 0.3) is 0 Å². The molecule has 0 amide bonds. The van der Waals surface area contributed by atoms with Gasteiger partial charge in [-0.15, -0.1) is 0 Å². The molecule has 1 rings (SSSR count). The normalized spacial score (nSPS) is 26.5. The third-order valence-corrected chi connectivity index (χ3v) is 7.06. The van der Waals surface area contributed by atoms with E-state index >= 15 is 0 Å². The quantitative estimate of drug-likeness (QED) is 0.0663. The highest BCUT2D eigenvalue weighted by molar-refractivity contribution is 7.81. The first-order valence-electron chi connectivity index (χ1n) is 13.3. The van der Waals surface area contributed by atoms with Crippen molar-refractivity contribution < 1.29 is 46.8 Å². The van der Waals surface area contributed by atoms with Crippen molar-refractivity contribution in [3.8, 4) is 0 Å². The van der Waals surface area contributed by atoms with E-state index in [1.807, 2.05) is 6.08 Å². The molecule has 0 aromatic heterocycles. The van der Waals surface area contributed by atoms with Crippen molar-refractivity contribution in [1.82, 2.24) is 0 Å². The Morgan fingerprint density at radius 2 is 1.54 bits per heavy atom. The molecular weight excluding hydrogens is 508 g/mol. The van der Waals surface area contributed by atoms with Crippen LogP contribution in [0.4, 0.5) is 0 Å². The number of hydrogen-bond acceptors (Lipinski definition) is 12. The second kappa shape index (κ2) is 19.4. The highest BCUT2D eigenvalue weighted by atomic mass is 32.3. The third kappa shape index (κ3) is 13.8. The minimum Gasteiger partial charge on any atom is -0.394 e. The predicted molar refractivity (Wildman–Crippen MR) is 137 cm³/mol. The molecule has 1 aliphatic heterocycles. The van der Waals surface area contributed by atoms with E-state index in [1.165, 1.54) is 57.8 Å². The summed E-state index contributed by atoms with van der Waals surface area (Å²) in [5.74, 6) is 4.62. The van der Waals surface area contributed by atoms with Gasteiger partial charge in [0.05, 0.1) is 25.4 Å². The number of aliphatic hydroxyl groups is 4. The Bertz CT molecular complexity index is 712. The van der Waals surface area contributed by atoms with Crippen LogP contribution in [-0.2, 0) is 28.3 Å². The lowest BCUT2D eigenvalue weighted by Gasteiger charge is -2.41. The smallest absolute Gasteiger partial charge is 0.394 e. The number of nitrogens with two attached hydrogens (primary N) is 2. The average molecular weight is 557 g/mol. The zero-order valence-electron chi connectivity index (χ0n) is 21.9. The molecule has 13 heteroatoms. The van der Waals surface area contributed by atoms with Crippen molar-refractivity contribution in [1.29, 1.82) is 0 Å². The fraction of sp³-hybridized carbons (Fsp3) is 0.917. The number of hydrogen-bond donors (Lipinski definition) is 6. The summed E-state index contributed by atoms with van der Waals surface area (Å²) in [7, 11) is -4.72. The first kappa shape index (κ1) is 34.3. The van der Waals surface area contributed by atoms with E-state index in [-0.39, 0.29) is 6.61 Å². The molecule has 2 unspecified atom stereocenters. The van der Waals surface area contributed by atoms with Gasteiger partial charge in [0.15, 0.2) is 6.29 Å². The van der Waals surface area contributed by atoms with Crippen LogP contribution in [0.2, 0.25) is 0 Å². The van der Waals surface area contributed by atoms with Gasteiger partial charge >= 0.3 is 10.4 Å². The first-order valence-corrected chi connectivity index (χ1v) is 14.7. The molecule has 0 saturated carbocycles. The molecule has 7 atom stereocenters. The van der Waals surface area contributed by atoms with Gasteiger partial charge in [0.1, 0.15) is 24.4 Å². The van der Waals surface area contributed by atoms with Crippen LogP contribution >= 0.6 is 0 Å². The fourth-order valence-electron chi connectivity index (χ4n) is 4.07. The monoisotopic (exact) mass is 556 g/mol. The molecule has 0 spiro atoms. The number of unbranched alkanes of at least 4 members (excludes halogenated alkanes) is 11. The van der Waals surface area contributed by atoms with Crippen LogP contribution in [0.1, 0.15) is 84.0 Å². The largest absolute Gasteiger partial charge is 0.416 e. The van der Waals surface area contributed by atoms with Gasteiger partial charge in [-0.25, -0.2) is 4.18 Å². The van der Waals surface area contributed by atoms with Gasteiger partial charge in [0, 0.05) is 0 Å². The topological polar surface area (TPSA) is 204 Å². The molecule has 0 aliphatic carbocycles. The molecule has 1 aliphatic rings. The zero-order valence-corrected chi connectivity index (χ0v) is 22.7.